The second-order valence-electron chi connectivity index (χ2n) is 7.67. The van der Waals surface area contributed by atoms with Gasteiger partial charge in [0.05, 0.1) is 5.69 Å². The van der Waals surface area contributed by atoms with E-state index in [1.54, 1.807) is 30.4 Å². The predicted molar refractivity (Wildman–Crippen MR) is 116 cm³/mol. The fraction of sp³-hybridized carbons (Fsp3) is 0.364. The van der Waals surface area contributed by atoms with Crippen molar-refractivity contribution in [1.82, 2.24) is 19.9 Å². The van der Waals surface area contributed by atoms with Crippen LogP contribution < -0.4 is 10.6 Å². The number of carbonyl (C=O) groups is 1. The molecular weight excluding hydrogens is 383 g/mol. The molecule has 0 saturated carbocycles. The molecule has 1 atom stereocenters. The highest BCUT2D eigenvalue weighted by atomic mass is 19.1. The number of amides is 2. The molecule has 8 heteroatoms. The van der Waals surface area contributed by atoms with Crippen LogP contribution in [-0.2, 0) is 0 Å². The van der Waals surface area contributed by atoms with Crippen molar-refractivity contribution in [3.63, 3.8) is 0 Å². The maximum Gasteiger partial charge on any atom is 0.321 e. The molecule has 3 heterocycles. The number of hydrogen-bond donors (Lipinski definition) is 2. The van der Waals surface area contributed by atoms with Gasteiger partial charge in [0.2, 0.25) is 5.95 Å². The molecule has 4 rings (SSSR count). The Hall–Kier alpha value is -3.29. The summed E-state index contributed by atoms with van der Waals surface area (Å²) in [6, 6.07) is 4.76. The van der Waals surface area contributed by atoms with Gasteiger partial charge in [0.25, 0.3) is 0 Å². The number of hydrogen-bond acceptors (Lipinski definition) is 5. The van der Waals surface area contributed by atoms with Gasteiger partial charge in [-0.2, -0.15) is 4.98 Å². The van der Waals surface area contributed by atoms with E-state index in [0.717, 1.165) is 34.9 Å². The van der Waals surface area contributed by atoms with Crippen LogP contribution in [0.25, 0.3) is 22.2 Å². The van der Waals surface area contributed by atoms with Crippen LogP contribution in [-0.4, -0.2) is 46.0 Å². The van der Waals surface area contributed by atoms with E-state index in [2.05, 4.69) is 32.5 Å². The molecule has 2 N–H and O–H groups in total. The lowest BCUT2D eigenvalue weighted by atomic mass is 10.0. The van der Waals surface area contributed by atoms with Gasteiger partial charge in [-0.1, -0.05) is 13.3 Å². The number of pyridine rings is 1. The van der Waals surface area contributed by atoms with Crippen LogP contribution in [0, 0.1) is 18.7 Å². The fourth-order valence-electron chi connectivity index (χ4n) is 3.81. The third-order valence-corrected chi connectivity index (χ3v) is 5.67. The summed E-state index contributed by atoms with van der Waals surface area (Å²) in [4.78, 5) is 27.3. The molecule has 156 valence electrons. The largest absolute Gasteiger partial charge is 0.357 e. The van der Waals surface area contributed by atoms with Gasteiger partial charge in [0.15, 0.2) is 5.65 Å². The van der Waals surface area contributed by atoms with Crippen LogP contribution in [0.15, 0.2) is 30.6 Å². The monoisotopic (exact) mass is 408 g/mol. The van der Waals surface area contributed by atoms with E-state index in [-0.39, 0.29) is 11.7 Å². The van der Waals surface area contributed by atoms with Crippen LogP contribution in [0.3, 0.4) is 0 Å². The molecule has 1 aliphatic heterocycles. The Morgan fingerprint density at radius 1 is 1.27 bits per heavy atom. The number of benzene rings is 1. The topological polar surface area (TPSA) is 83.0 Å². The van der Waals surface area contributed by atoms with E-state index in [1.807, 2.05) is 13.0 Å². The summed E-state index contributed by atoms with van der Waals surface area (Å²) in [5.41, 5.74) is 3.11. The molecule has 2 amide bonds. The van der Waals surface area contributed by atoms with Gasteiger partial charge in [-0.3, -0.25) is 0 Å². The number of nitrogens with one attached hydrogen (secondary N) is 2. The molecule has 0 unspecified atom stereocenters. The Bertz CT molecular complexity index is 1100. The summed E-state index contributed by atoms with van der Waals surface area (Å²) >= 11 is 0. The van der Waals surface area contributed by atoms with Crippen LogP contribution >= 0.6 is 0 Å². The van der Waals surface area contributed by atoms with E-state index >= 15 is 0 Å². The molecule has 0 spiro atoms. The first-order valence-corrected chi connectivity index (χ1v) is 10.2. The van der Waals surface area contributed by atoms with Crippen LogP contribution in [0.2, 0.25) is 0 Å². The minimum Gasteiger partial charge on any atom is -0.357 e. The zero-order valence-corrected chi connectivity index (χ0v) is 17.4. The molecule has 1 fully saturated rings. The van der Waals surface area contributed by atoms with Crippen molar-refractivity contribution in [2.75, 3.05) is 30.8 Å². The number of aryl methyl sites for hydroxylation is 1. The number of carbonyl (C=O) groups excluding carboxylic acids is 1. The molecule has 1 aromatic carbocycles. The first-order valence-electron chi connectivity index (χ1n) is 10.2. The van der Waals surface area contributed by atoms with Gasteiger partial charge in [-0.15, -0.1) is 0 Å². The molecule has 3 aromatic rings. The van der Waals surface area contributed by atoms with Crippen LogP contribution in [0.4, 0.5) is 20.8 Å². The Labute approximate surface area is 174 Å². The molecule has 0 aliphatic carbocycles. The lowest BCUT2D eigenvalue weighted by Gasteiger charge is -2.18. The van der Waals surface area contributed by atoms with Crippen molar-refractivity contribution in [2.45, 2.75) is 26.7 Å². The summed E-state index contributed by atoms with van der Waals surface area (Å²) in [6.07, 6.45) is 5.43. The van der Waals surface area contributed by atoms with Gasteiger partial charge in [-0.05, 0) is 48.6 Å². The average Bonchev–Trinajstić information content (AvgIpc) is 3.24. The molecule has 2 aromatic heterocycles. The molecule has 30 heavy (non-hydrogen) atoms. The van der Waals surface area contributed by atoms with Gasteiger partial charge < -0.3 is 15.5 Å². The number of halogens is 1. The van der Waals surface area contributed by atoms with Crippen LogP contribution in [0.1, 0.15) is 25.3 Å². The minimum absolute atomic E-state index is 0.169. The molecule has 0 bridgehead atoms. The Morgan fingerprint density at radius 2 is 2.10 bits per heavy atom. The second kappa shape index (κ2) is 8.22. The zero-order valence-electron chi connectivity index (χ0n) is 17.4. The second-order valence-corrected chi connectivity index (χ2v) is 7.67. The van der Waals surface area contributed by atoms with E-state index < -0.39 is 5.82 Å². The third-order valence-electron chi connectivity index (χ3n) is 5.67. The number of aromatic nitrogens is 3. The molecule has 1 saturated heterocycles. The Balaban J connectivity index is 1.63. The third kappa shape index (κ3) is 3.90. The number of nitrogens with zero attached hydrogens (tertiary/aromatic N) is 4. The smallest absolute Gasteiger partial charge is 0.321 e. The van der Waals surface area contributed by atoms with E-state index in [9.17, 15) is 9.18 Å². The van der Waals surface area contributed by atoms with E-state index in [4.69, 9.17) is 0 Å². The van der Waals surface area contributed by atoms with Crippen molar-refractivity contribution in [1.29, 1.82) is 0 Å². The van der Waals surface area contributed by atoms with Crippen molar-refractivity contribution in [2.24, 2.45) is 5.92 Å². The van der Waals surface area contributed by atoms with Crippen molar-refractivity contribution < 1.29 is 9.18 Å². The van der Waals surface area contributed by atoms with Gasteiger partial charge >= 0.3 is 6.03 Å². The van der Waals surface area contributed by atoms with Crippen molar-refractivity contribution in [3.8, 4) is 11.1 Å². The summed E-state index contributed by atoms with van der Waals surface area (Å²) < 4.78 is 14.6. The zero-order chi connectivity index (χ0) is 21.3. The molecule has 0 radical (unpaired) electrons. The first-order chi connectivity index (χ1) is 14.5. The number of urea groups is 1. The Morgan fingerprint density at radius 3 is 2.83 bits per heavy atom. The summed E-state index contributed by atoms with van der Waals surface area (Å²) in [5.74, 6) is 0.563. The lowest BCUT2D eigenvalue weighted by Crippen LogP contribution is -2.33. The standard InChI is InChI=1S/C22H25FN6O/c1-4-14-5-6-29(12-14)22(30)27-19-9-17(13(2)7-18(19)23)15-8-16-11-26-21(24-3)28-20(16)25-10-15/h7-11,14H,4-6,12H2,1-3H3,(H,27,30)(H,24,25,26,28)/t14-/m1/s1. The lowest BCUT2D eigenvalue weighted by molar-refractivity contribution is 0.220. The van der Waals surface area contributed by atoms with Crippen LogP contribution in [0.5, 0.6) is 0 Å². The summed E-state index contributed by atoms with van der Waals surface area (Å²) in [5, 5.41) is 6.41. The normalized spacial score (nSPS) is 16.1. The number of rotatable bonds is 4. The van der Waals surface area contributed by atoms with E-state index in [0.29, 0.717) is 30.6 Å². The average molecular weight is 408 g/mol. The number of anilines is 2. The van der Waals surface area contributed by atoms with Crippen molar-refractivity contribution >= 4 is 28.7 Å². The SMILES string of the molecule is CC[C@@H]1CCN(C(=O)Nc2cc(-c3cnc4nc(NC)ncc4c3)c(C)cc2F)C1. The number of likely N-dealkylation sites (tertiary alicyclic amines) is 1. The summed E-state index contributed by atoms with van der Waals surface area (Å²) in [6.45, 7) is 5.38. The first kappa shape index (κ1) is 20.0. The fourth-order valence-corrected chi connectivity index (χ4v) is 3.81. The highest BCUT2D eigenvalue weighted by Gasteiger charge is 2.25. The molecule has 7 nitrogen and oxygen atoms in total. The highest BCUT2D eigenvalue weighted by molar-refractivity contribution is 5.91. The van der Waals surface area contributed by atoms with Crippen molar-refractivity contribution in [3.05, 3.63) is 42.0 Å². The highest BCUT2D eigenvalue weighted by Crippen LogP contribution is 2.30. The molecule has 1 aliphatic rings. The maximum absolute atomic E-state index is 14.6. The summed E-state index contributed by atoms with van der Waals surface area (Å²) in [7, 11) is 1.75. The maximum atomic E-state index is 14.6. The predicted octanol–water partition coefficient (Wildman–Crippen LogP) is 4.44. The van der Waals surface area contributed by atoms with Gasteiger partial charge in [0, 0.05) is 43.5 Å². The minimum atomic E-state index is -0.452. The quantitative estimate of drug-likeness (QED) is 0.667. The number of fused-ring (bicyclic) bond motifs is 1. The van der Waals surface area contributed by atoms with Gasteiger partial charge in [0.1, 0.15) is 5.82 Å². The van der Waals surface area contributed by atoms with E-state index in [1.165, 1.54) is 6.07 Å². The molecular formula is C22H25FN6O. The van der Waals surface area contributed by atoms with Gasteiger partial charge in [-0.25, -0.2) is 19.2 Å². The Kier molecular flexibility index (Phi) is 5.48.